The van der Waals surface area contributed by atoms with Gasteiger partial charge in [-0.1, -0.05) is 57.2 Å². The van der Waals surface area contributed by atoms with Gasteiger partial charge in [-0.3, -0.25) is 9.59 Å². The molecule has 134 valence electrons. The molecule has 0 spiro atoms. The van der Waals surface area contributed by atoms with E-state index in [0.29, 0.717) is 13.0 Å². The Bertz CT molecular complexity index is 701. The molecule has 2 aliphatic rings. The Labute approximate surface area is 150 Å². The van der Waals surface area contributed by atoms with Gasteiger partial charge in [0.2, 0.25) is 0 Å². The van der Waals surface area contributed by atoms with Crippen molar-refractivity contribution in [3.05, 3.63) is 47.5 Å². The molecule has 2 fully saturated rings. The van der Waals surface area contributed by atoms with Gasteiger partial charge < -0.3 is 4.74 Å². The summed E-state index contributed by atoms with van der Waals surface area (Å²) in [5.41, 5.74) is 1.60. The zero-order valence-corrected chi connectivity index (χ0v) is 15.7. The number of carbonyl (C=O) groups excluding carboxylic acids is 2. The Morgan fingerprint density at radius 2 is 1.96 bits per heavy atom. The number of benzene rings is 1. The number of hydrogen-bond donors (Lipinski definition) is 0. The highest BCUT2D eigenvalue weighted by atomic mass is 16.5. The predicted molar refractivity (Wildman–Crippen MR) is 98.0 cm³/mol. The van der Waals surface area contributed by atoms with Gasteiger partial charge in [0.25, 0.3) is 0 Å². The minimum absolute atomic E-state index is 0.0398. The molecule has 3 heteroatoms. The second kappa shape index (κ2) is 6.44. The van der Waals surface area contributed by atoms with Gasteiger partial charge in [0, 0.05) is 5.41 Å². The normalized spacial score (nSPS) is 29.8. The van der Waals surface area contributed by atoms with Crippen LogP contribution in [0.3, 0.4) is 0 Å². The first-order valence-electron chi connectivity index (χ1n) is 9.28. The van der Waals surface area contributed by atoms with Gasteiger partial charge >= 0.3 is 5.97 Å². The minimum Gasteiger partial charge on any atom is -0.466 e. The molecule has 3 rings (SSSR count). The lowest BCUT2D eigenvalue weighted by atomic mass is 9.70. The number of hydrogen-bond acceptors (Lipinski definition) is 3. The summed E-state index contributed by atoms with van der Waals surface area (Å²) in [6.45, 7) is 8.65. The lowest BCUT2D eigenvalue weighted by molar-refractivity contribution is -0.146. The van der Waals surface area contributed by atoms with Crippen LogP contribution in [-0.4, -0.2) is 18.4 Å². The largest absolute Gasteiger partial charge is 0.466 e. The van der Waals surface area contributed by atoms with Gasteiger partial charge in [-0.05, 0) is 48.7 Å². The van der Waals surface area contributed by atoms with Gasteiger partial charge in [-0.15, -0.1) is 0 Å². The van der Waals surface area contributed by atoms with E-state index in [9.17, 15) is 9.59 Å². The maximum Gasteiger partial charge on any atom is 0.313 e. The Hall–Kier alpha value is -1.90. The topological polar surface area (TPSA) is 43.4 Å². The second-order valence-electron chi connectivity index (χ2n) is 8.14. The summed E-state index contributed by atoms with van der Waals surface area (Å²) < 4.78 is 5.28. The Morgan fingerprint density at radius 1 is 1.28 bits per heavy atom. The molecule has 1 aromatic carbocycles. The third-order valence-electron chi connectivity index (χ3n) is 6.63. The monoisotopic (exact) mass is 340 g/mol. The lowest BCUT2D eigenvalue weighted by Crippen LogP contribution is -2.32. The van der Waals surface area contributed by atoms with E-state index in [1.54, 1.807) is 0 Å². The zero-order chi connectivity index (χ0) is 18.2. The summed E-state index contributed by atoms with van der Waals surface area (Å²) in [6.07, 6.45) is 4.47. The molecular formula is C22H28O3. The highest BCUT2D eigenvalue weighted by Gasteiger charge is 2.63. The van der Waals surface area contributed by atoms with E-state index >= 15 is 0 Å². The zero-order valence-electron chi connectivity index (χ0n) is 15.7. The predicted octanol–water partition coefficient (Wildman–Crippen LogP) is 4.36. The molecule has 2 saturated carbocycles. The van der Waals surface area contributed by atoms with Crippen molar-refractivity contribution in [1.82, 2.24) is 0 Å². The van der Waals surface area contributed by atoms with Crippen LogP contribution in [0.5, 0.6) is 0 Å². The van der Waals surface area contributed by atoms with Crippen LogP contribution in [0.4, 0.5) is 0 Å². The van der Waals surface area contributed by atoms with Crippen LogP contribution < -0.4 is 0 Å². The third kappa shape index (κ3) is 2.84. The van der Waals surface area contributed by atoms with Crippen molar-refractivity contribution in [3.63, 3.8) is 0 Å². The Kier molecular flexibility index (Phi) is 4.61. The van der Waals surface area contributed by atoms with Crippen LogP contribution >= 0.6 is 0 Å². The summed E-state index contributed by atoms with van der Waals surface area (Å²) in [5, 5.41) is 0. The van der Waals surface area contributed by atoms with Gasteiger partial charge in [0.1, 0.15) is 0 Å². The number of ketones is 1. The first-order valence-corrected chi connectivity index (χ1v) is 9.28. The van der Waals surface area contributed by atoms with Gasteiger partial charge in [0.05, 0.1) is 12.5 Å². The number of esters is 1. The molecule has 0 aliphatic heterocycles. The number of Topliss-reactive ketones (excluding diaryl/α,β-unsaturated/α-hetero) is 1. The molecular weight excluding hydrogens is 312 g/mol. The van der Waals surface area contributed by atoms with E-state index in [1.807, 2.05) is 43.3 Å². The average molecular weight is 340 g/mol. The molecule has 0 unspecified atom stereocenters. The molecule has 0 saturated heterocycles. The molecule has 3 atom stereocenters. The number of fused-ring (bicyclic) bond motifs is 2. The summed E-state index contributed by atoms with van der Waals surface area (Å²) >= 11 is 0. The summed E-state index contributed by atoms with van der Waals surface area (Å²) in [6, 6.07) is 9.93. The molecule has 1 aromatic rings. The highest BCUT2D eigenvalue weighted by Crippen LogP contribution is 2.65. The van der Waals surface area contributed by atoms with Crippen molar-refractivity contribution < 1.29 is 14.3 Å². The fourth-order valence-corrected chi connectivity index (χ4v) is 4.66. The lowest BCUT2D eigenvalue weighted by Gasteiger charge is -2.31. The van der Waals surface area contributed by atoms with E-state index in [1.165, 1.54) is 0 Å². The first kappa shape index (κ1) is 17.9. The minimum atomic E-state index is -0.403. The fourth-order valence-electron chi connectivity index (χ4n) is 4.66. The van der Waals surface area contributed by atoms with Crippen molar-refractivity contribution in [1.29, 1.82) is 0 Å². The smallest absolute Gasteiger partial charge is 0.313 e. The van der Waals surface area contributed by atoms with Crippen molar-refractivity contribution in [2.75, 3.05) is 6.61 Å². The SMILES string of the molecule is CCOC(=O)[C@H](/C=C1/C(=O)[C@@]2(C)CC[C@H]1C2(C)C)Cc1ccccc1. The number of carbonyl (C=O) groups is 2. The van der Waals surface area contributed by atoms with Crippen LogP contribution in [0, 0.1) is 22.7 Å². The maximum atomic E-state index is 13.1. The van der Waals surface area contributed by atoms with Crippen molar-refractivity contribution in [2.45, 2.75) is 47.0 Å². The first-order chi connectivity index (χ1) is 11.8. The second-order valence-corrected chi connectivity index (χ2v) is 8.14. The van der Waals surface area contributed by atoms with Crippen LogP contribution in [0.15, 0.2) is 42.0 Å². The molecule has 3 nitrogen and oxygen atoms in total. The Balaban J connectivity index is 1.93. The van der Waals surface area contributed by atoms with Crippen molar-refractivity contribution in [2.24, 2.45) is 22.7 Å². The quantitative estimate of drug-likeness (QED) is 0.591. The molecule has 0 aromatic heterocycles. The standard InChI is InChI=1S/C22H28O3/c1-5-25-20(24)16(13-15-9-7-6-8-10-15)14-17-18-11-12-22(4,19(17)23)21(18,2)3/h6-10,14,16,18H,5,11-13H2,1-4H3/b17-14+/t16-,18+,22+/m0/s1. The number of allylic oxidation sites excluding steroid dienone is 1. The van der Waals surface area contributed by atoms with Crippen LogP contribution in [0.1, 0.15) is 46.1 Å². The maximum absolute atomic E-state index is 13.1. The average Bonchev–Trinajstić information content (AvgIpc) is 2.89. The number of rotatable bonds is 5. The summed E-state index contributed by atoms with van der Waals surface area (Å²) in [7, 11) is 0. The molecule has 0 heterocycles. The van der Waals surface area contributed by atoms with Crippen molar-refractivity contribution in [3.8, 4) is 0 Å². The molecule has 0 radical (unpaired) electrons. The molecule has 0 N–H and O–H groups in total. The summed E-state index contributed by atoms with van der Waals surface area (Å²) in [4.78, 5) is 25.6. The van der Waals surface area contributed by atoms with Crippen LogP contribution in [0.25, 0.3) is 0 Å². The van der Waals surface area contributed by atoms with Crippen LogP contribution in [0.2, 0.25) is 0 Å². The van der Waals surface area contributed by atoms with Crippen molar-refractivity contribution >= 4 is 11.8 Å². The molecule has 25 heavy (non-hydrogen) atoms. The molecule has 2 bridgehead atoms. The van der Waals surface area contributed by atoms with E-state index < -0.39 is 5.92 Å². The van der Waals surface area contributed by atoms with Crippen LogP contribution in [-0.2, 0) is 20.7 Å². The highest BCUT2D eigenvalue weighted by molar-refractivity contribution is 6.05. The third-order valence-corrected chi connectivity index (χ3v) is 6.63. The van der Waals surface area contributed by atoms with Gasteiger partial charge in [0.15, 0.2) is 5.78 Å². The van der Waals surface area contributed by atoms with E-state index in [0.717, 1.165) is 24.0 Å². The Morgan fingerprint density at radius 3 is 2.52 bits per heavy atom. The fraction of sp³-hybridized carbons (Fsp3) is 0.545. The molecule has 0 amide bonds. The van der Waals surface area contributed by atoms with Gasteiger partial charge in [-0.25, -0.2) is 0 Å². The number of ether oxygens (including phenoxy) is 1. The van der Waals surface area contributed by atoms with Gasteiger partial charge in [-0.2, -0.15) is 0 Å². The summed E-state index contributed by atoms with van der Waals surface area (Å²) in [5.74, 6) is -0.161. The van der Waals surface area contributed by atoms with E-state index in [2.05, 4.69) is 20.8 Å². The van der Waals surface area contributed by atoms with E-state index in [4.69, 9.17) is 4.74 Å². The molecule has 2 aliphatic carbocycles. The van der Waals surface area contributed by atoms with E-state index in [-0.39, 0.29) is 28.5 Å².